The molecule has 0 amide bonds. The van der Waals surface area contributed by atoms with E-state index < -0.39 is 0 Å². The number of nitrogens with zero attached hydrogens (tertiary/aromatic N) is 1. The summed E-state index contributed by atoms with van der Waals surface area (Å²) in [6.45, 7) is 2.40. The topological polar surface area (TPSA) is 45.0 Å². The molecule has 3 aromatic rings. The summed E-state index contributed by atoms with van der Waals surface area (Å²) < 4.78 is 0. The Morgan fingerprint density at radius 1 is 1.00 bits per heavy atom. The minimum atomic E-state index is 0.695. The zero-order valence-electron chi connectivity index (χ0n) is 15.7. The molecule has 2 heterocycles. The average Bonchev–Trinajstić information content (AvgIpc) is 3.24. The number of nitrogens with one attached hydrogen (secondary N) is 1. The maximum Gasteiger partial charge on any atom is 0.0471 e. The van der Waals surface area contributed by atoms with E-state index >= 15 is 0 Å². The molecule has 6 rings (SSSR count). The van der Waals surface area contributed by atoms with Crippen LogP contribution < -0.4 is 5.73 Å². The maximum atomic E-state index is 6.01. The molecule has 27 heavy (non-hydrogen) atoms. The third-order valence-corrected chi connectivity index (χ3v) is 6.77. The highest BCUT2D eigenvalue weighted by atomic mass is 35.5. The van der Waals surface area contributed by atoms with Gasteiger partial charge in [0.2, 0.25) is 0 Å². The normalized spacial score (nSPS) is 23.8. The van der Waals surface area contributed by atoms with Gasteiger partial charge in [0.05, 0.1) is 0 Å². The number of piperidine rings is 1. The van der Waals surface area contributed by atoms with E-state index in [1.165, 1.54) is 48.9 Å². The fraction of sp³-hybridized carbons (Fsp3) is 0.391. The number of hydrogen-bond acceptors (Lipinski definition) is 2. The maximum absolute atomic E-state index is 6.01. The summed E-state index contributed by atoms with van der Waals surface area (Å²) in [7, 11) is 2.20. The summed E-state index contributed by atoms with van der Waals surface area (Å²) in [6.07, 6.45) is 6.06. The minimum Gasteiger partial charge on any atom is -0.399 e. The molecule has 0 spiro atoms. The van der Waals surface area contributed by atoms with Crippen LogP contribution in [0.2, 0.25) is 5.02 Å². The molecule has 140 valence electrons. The van der Waals surface area contributed by atoms with Gasteiger partial charge in [-0.3, -0.25) is 0 Å². The molecule has 2 fully saturated rings. The Morgan fingerprint density at radius 3 is 2.59 bits per heavy atom. The Balaban J connectivity index is 0.000000135. The highest BCUT2D eigenvalue weighted by molar-refractivity contribution is 6.31. The van der Waals surface area contributed by atoms with Gasteiger partial charge in [-0.1, -0.05) is 23.7 Å². The summed E-state index contributed by atoms with van der Waals surface area (Å²) in [5, 5.41) is 2.14. The number of benzene rings is 2. The van der Waals surface area contributed by atoms with E-state index in [0.29, 0.717) is 5.92 Å². The van der Waals surface area contributed by atoms with Crippen molar-refractivity contribution in [3.8, 4) is 0 Å². The van der Waals surface area contributed by atoms with E-state index in [4.69, 9.17) is 17.3 Å². The molecule has 2 atom stereocenters. The monoisotopic (exact) mass is 379 g/mol. The number of fused-ring (bicyclic) bond motifs is 5. The van der Waals surface area contributed by atoms with Crippen LogP contribution in [-0.4, -0.2) is 30.0 Å². The van der Waals surface area contributed by atoms with Crippen LogP contribution in [0.25, 0.3) is 10.9 Å². The SMILES string of the molecule is CN1CCC(c2c[nH]c3cc(Cl)ccc23)CC1.Nc1ccc2c(c1)C1CC21. The van der Waals surface area contributed by atoms with Crippen LogP contribution in [0.3, 0.4) is 0 Å². The average molecular weight is 380 g/mol. The second-order valence-electron chi connectivity index (χ2n) is 8.35. The summed E-state index contributed by atoms with van der Waals surface area (Å²) in [6, 6.07) is 12.4. The molecule has 3 nitrogen and oxygen atoms in total. The Bertz CT molecular complexity index is 984. The first-order valence-corrected chi connectivity index (χ1v) is 10.3. The number of anilines is 1. The Morgan fingerprint density at radius 2 is 1.78 bits per heavy atom. The van der Waals surface area contributed by atoms with E-state index in [9.17, 15) is 0 Å². The number of aromatic nitrogens is 1. The van der Waals surface area contributed by atoms with Crippen molar-refractivity contribution in [3.05, 3.63) is 64.3 Å². The second-order valence-corrected chi connectivity index (χ2v) is 8.78. The van der Waals surface area contributed by atoms with E-state index in [-0.39, 0.29) is 0 Å². The first-order valence-electron chi connectivity index (χ1n) is 9.94. The molecule has 0 radical (unpaired) electrons. The molecule has 2 aromatic carbocycles. The standard InChI is InChI=1S/C14H17ClN2.C9H9N/c1-17-6-4-10(5-7-17)13-9-16-14-8-11(15)2-3-12(13)14;10-5-1-2-6-7(3-5)9-4-8(6)9/h2-3,8-10,16H,4-7H2,1H3;1-3,8-9H,4,10H2. The molecule has 1 aromatic heterocycles. The van der Waals surface area contributed by atoms with Crippen molar-refractivity contribution in [2.75, 3.05) is 25.9 Å². The minimum absolute atomic E-state index is 0.695. The number of H-pyrrole nitrogens is 1. The molecule has 1 saturated carbocycles. The van der Waals surface area contributed by atoms with Crippen LogP contribution in [-0.2, 0) is 0 Å². The van der Waals surface area contributed by atoms with Crippen LogP contribution in [0.5, 0.6) is 0 Å². The van der Waals surface area contributed by atoms with Crippen molar-refractivity contribution in [2.24, 2.45) is 0 Å². The van der Waals surface area contributed by atoms with Gasteiger partial charge in [0.25, 0.3) is 0 Å². The molecule has 1 saturated heterocycles. The van der Waals surface area contributed by atoms with Crippen LogP contribution >= 0.6 is 11.6 Å². The quantitative estimate of drug-likeness (QED) is 0.549. The molecular formula is C23H26ClN3. The van der Waals surface area contributed by atoms with Gasteiger partial charge in [-0.05, 0) is 98.1 Å². The van der Waals surface area contributed by atoms with E-state index in [1.807, 2.05) is 18.2 Å². The highest BCUT2D eigenvalue weighted by Crippen LogP contribution is 2.65. The van der Waals surface area contributed by atoms with Gasteiger partial charge in [-0.2, -0.15) is 0 Å². The number of hydrogen-bond donors (Lipinski definition) is 2. The van der Waals surface area contributed by atoms with Gasteiger partial charge in [-0.15, -0.1) is 0 Å². The van der Waals surface area contributed by atoms with Crippen molar-refractivity contribution < 1.29 is 0 Å². The fourth-order valence-electron chi connectivity index (χ4n) is 4.82. The van der Waals surface area contributed by atoms with Crippen LogP contribution in [0.1, 0.15) is 53.7 Å². The number of likely N-dealkylation sites (tertiary alicyclic amines) is 1. The highest BCUT2D eigenvalue weighted by Gasteiger charge is 2.50. The molecule has 3 aliphatic rings. The molecule has 0 bridgehead atoms. The fourth-order valence-corrected chi connectivity index (χ4v) is 4.99. The lowest BCUT2D eigenvalue weighted by atomic mass is 9.88. The van der Waals surface area contributed by atoms with Gasteiger partial charge in [0.15, 0.2) is 0 Å². The summed E-state index contributed by atoms with van der Waals surface area (Å²) >= 11 is 6.01. The molecule has 2 aliphatic carbocycles. The lowest BCUT2D eigenvalue weighted by Crippen LogP contribution is -2.29. The Kier molecular flexibility index (Phi) is 4.18. The zero-order valence-corrected chi connectivity index (χ0v) is 16.5. The number of halogens is 1. The van der Waals surface area contributed by atoms with Gasteiger partial charge in [0, 0.05) is 27.8 Å². The first kappa shape index (κ1) is 17.2. The van der Waals surface area contributed by atoms with E-state index in [0.717, 1.165) is 28.1 Å². The van der Waals surface area contributed by atoms with Crippen LogP contribution in [0.4, 0.5) is 5.69 Å². The van der Waals surface area contributed by atoms with Gasteiger partial charge < -0.3 is 15.6 Å². The lowest BCUT2D eigenvalue weighted by molar-refractivity contribution is 0.256. The van der Waals surface area contributed by atoms with Gasteiger partial charge in [-0.25, -0.2) is 0 Å². The predicted molar refractivity (Wildman–Crippen MR) is 114 cm³/mol. The van der Waals surface area contributed by atoms with Gasteiger partial charge >= 0.3 is 0 Å². The van der Waals surface area contributed by atoms with Crippen molar-refractivity contribution in [1.29, 1.82) is 0 Å². The number of rotatable bonds is 1. The Labute approximate surface area is 165 Å². The molecule has 4 heteroatoms. The smallest absolute Gasteiger partial charge is 0.0471 e. The molecular weight excluding hydrogens is 354 g/mol. The van der Waals surface area contributed by atoms with Crippen molar-refractivity contribution in [1.82, 2.24) is 9.88 Å². The Hall–Kier alpha value is -1.97. The van der Waals surface area contributed by atoms with E-state index in [2.05, 4.69) is 41.3 Å². The third-order valence-electron chi connectivity index (χ3n) is 6.53. The summed E-state index contributed by atoms with van der Waals surface area (Å²) in [5.74, 6) is 2.52. The molecule has 3 N–H and O–H groups in total. The van der Waals surface area contributed by atoms with Crippen LogP contribution in [0, 0.1) is 0 Å². The molecule has 2 unspecified atom stereocenters. The first-order chi connectivity index (χ1) is 13.1. The second kappa shape index (κ2) is 6.57. The zero-order chi connectivity index (χ0) is 18.5. The van der Waals surface area contributed by atoms with Gasteiger partial charge in [0.1, 0.15) is 0 Å². The van der Waals surface area contributed by atoms with Crippen molar-refractivity contribution in [2.45, 2.75) is 37.0 Å². The largest absolute Gasteiger partial charge is 0.399 e. The molecule has 1 aliphatic heterocycles. The van der Waals surface area contributed by atoms with Crippen molar-refractivity contribution in [3.63, 3.8) is 0 Å². The van der Waals surface area contributed by atoms with Crippen LogP contribution in [0.15, 0.2) is 42.6 Å². The number of aromatic amines is 1. The number of nitrogens with two attached hydrogens (primary N) is 1. The lowest BCUT2D eigenvalue weighted by Gasteiger charge is -2.28. The summed E-state index contributed by atoms with van der Waals surface area (Å²) in [5.41, 5.74) is 12.3. The third kappa shape index (κ3) is 3.13. The number of nitrogen functional groups attached to an aromatic ring is 1. The predicted octanol–water partition coefficient (Wildman–Crippen LogP) is 5.48. The summed E-state index contributed by atoms with van der Waals surface area (Å²) in [4.78, 5) is 5.74. The van der Waals surface area contributed by atoms with Crippen molar-refractivity contribution >= 4 is 28.2 Å². The van der Waals surface area contributed by atoms with E-state index in [1.54, 1.807) is 5.56 Å².